The molecule has 1 aromatic carbocycles. The molecule has 0 aromatic heterocycles. The number of ether oxygens (including phenoxy) is 1. The first-order valence-corrected chi connectivity index (χ1v) is 9.23. The Kier molecular flexibility index (Phi) is 3.76. The maximum absolute atomic E-state index is 5.96. The Hall–Kier alpha value is -0.510. The lowest BCUT2D eigenvalue weighted by atomic mass is 9.76. The maximum Gasteiger partial charge on any atom is 0.0616 e. The molecular weight excluding hydrogens is 278 g/mol. The molecule has 3 heteroatoms. The van der Waals surface area contributed by atoms with E-state index in [4.69, 9.17) is 4.74 Å². The Labute approximate surface area is 132 Å². The van der Waals surface area contributed by atoms with Crippen molar-refractivity contribution in [2.24, 2.45) is 5.41 Å². The zero-order valence-corrected chi connectivity index (χ0v) is 13.6. The van der Waals surface area contributed by atoms with E-state index in [1.165, 1.54) is 37.0 Å². The van der Waals surface area contributed by atoms with Gasteiger partial charge in [-0.2, -0.15) is 0 Å². The number of fused-ring (bicyclic) bond motifs is 1. The largest absolute Gasteiger partial charge is 0.378 e. The normalized spacial score (nSPS) is 35.1. The van der Waals surface area contributed by atoms with E-state index >= 15 is 0 Å². The van der Waals surface area contributed by atoms with Crippen molar-refractivity contribution in [3.05, 3.63) is 29.8 Å². The summed E-state index contributed by atoms with van der Waals surface area (Å²) >= 11 is 2.09. The van der Waals surface area contributed by atoms with Crippen LogP contribution in [0, 0.1) is 5.41 Å². The van der Waals surface area contributed by atoms with E-state index in [9.17, 15) is 0 Å². The quantitative estimate of drug-likeness (QED) is 0.897. The van der Waals surface area contributed by atoms with Crippen molar-refractivity contribution in [2.45, 2.75) is 61.3 Å². The molecule has 1 saturated heterocycles. The topological polar surface area (TPSA) is 21.3 Å². The standard InChI is InChI=1S/C18H25NOS/c1-13-18(8-9-20-13,12-19-15-6-7-15)11-16-10-14-4-2-3-5-17(14)21-16/h2-5,13,15-16,19H,6-12H2,1H3. The van der Waals surface area contributed by atoms with Crippen LogP contribution in [0.15, 0.2) is 29.2 Å². The van der Waals surface area contributed by atoms with E-state index in [1.807, 2.05) is 0 Å². The zero-order chi connectivity index (χ0) is 14.3. The maximum atomic E-state index is 5.96. The van der Waals surface area contributed by atoms with Crippen LogP contribution in [0.25, 0.3) is 0 Å². The molecule has 0 bridgehead atoms. The van der Waals surface area contributed by atoms with Gasteiger partial charge in [0.15, 0.2) is 0 Å². The van der Waals surface area contributed by atoms with Crippen molar-refractivity contribution in [2.75, 3.05) is 13.2 Å². The molecule has 2 nitrogen and oxygen atoms in total. The number of benzene rings is 1. The summed E-state index contributed by atoms with van der Waals surface area (Å²) in [7, 11) is 0. The smallest absolute Gasteiger partial charge is 0.0616 e. The monoisotopic (exact) mass is 303 g/mol. The fourth-order valence-corrected chi connectivity index (χ4v) is 5.34. The van der Waals surface area contributed by atoms with Crippen LogP contribution in [0.5, 0.6) is 0 Å². The Balaban J connectivity index is 1.45. The van der Waals surface area contributed by atoms with Gasteiger partial charge in [-0.25, -0.2) is 0 Å². The minimum Gasteiger partial charge on any atom is -0.378 e. The van der Waals surface area contributed by atoms with Gasteiger partial charge in [-0.1, -0.05) is 18.2 Å². The highest BCUT2D eigenvalue weighted by Crippen LogP contribution is 2.47. The van der Waals surface area contributed by atoms with E-state index in [-0.39, 0.29) is 0 Å². The predicted octanol–water partition coefficient (Wildman–Crippen LogP) is 3.64. The van der Waals surface area contributed by atoms with Crippen LogP contribution in [0.1, 0.15) is 38.2 Å². The predicted molar refractivity (Wildman–Crippen MR) is 87.9 cm³/mol. The van der Waals surface area contributed by atoms with Crippen molar-refractivity contribution in [3.8, 4) is 0 Å². The summed E-state index contributed by atoms with van der Waals surface area (Å²) in [6.45, 7) is 4.37. The molecule has 2 fully saturated rings. The van der Waals surface area contributed by atoms with E-state index in [0.29, 0.717) is 11.5 Å². The van der Waals surface area contributed by atoms with Gasteiger partial charge >= 0.3 is 0 Å². The zero-order valence-electron chi connectivity index (χ0n) is 12.8. The lowest BCUT2D eigenvalue weighted by Gasteiger charge is -2.35. The Morgan fingerprint density at radius 3 is 2.90 bits per heavy atom. The lowest BCUT2D eigenvalue weighted by molar-refractivity contribution is 0.0581. The summed E-state index contributed by atoms with van der Waals surface area (Å²) in [4.78, 5) is 1.50. The minimum absolute atomic E-state index is 0.350. The molecule has 1 saturated carbocycles. The Morgan fingerprint density at radius 2 is 2.19 bits per heavy atom. The second-order valence-electron chi connectivity index (χ2n) is 7.04. The molecule has 3 atom stereocenters. The number of nitrogens with one attached hydrogen (secondary N) is 1. The van der Waals surface area contributed by atoms with Crippen LogP contribution in [0.4, 0.5) is 0 Å². The first kappa shape index (κ1) is 14.1. The third-order valence-corrected chi connectivity index (χ3v) is 6.82. The van der Waals surface area contributed by atoms with Crippen LogP contribution >= 0.6 is 11.8 Å². The average molecular weight is 303 g/mol. The fourth-order valence-electron chi connectivity index (χ4n) is 3.85. The summed E-state index contributed by atoms with van der Waals surface area (Å²) < 4.78 is 5.96. The summed E-state index contributed by atoms with van der Waals surface area (Å²) in [5, 5.41) is 4.50. The average Bonchev–Trinajstić information content (AvgIpc) is 3.13. The second kappa shape index (κ2) is 5.60. The molecule has 0 radical (unpaired) electrons. The summed E-state index contributed by atoms with van der Waals surface area (Å²) in [6, 6.07) is 9.71. The lowest BCUT2D eigenvalue weighted by Crippen LogP contribution is -2.42. The Bertz CT molecular complexity index is 491. The second-order valence-corrected chi connectivity index (χ2v) is 8.38. The molecule has 2 heterocycles. The van der Waals surface area contributed by atoms with E-state index in [0.717, 1.165) is 24.4 Å². The van der Waals surface area contributed by atoms with Crippen molar-refractivity contribution < 1.29 is 4.74 Å². The molecule has 0 spiro atoms. The molecule has 1 N–H and O–H groups in total. The van der Waals surface area contributed by atoms with Crippen molar-refractivity contribution in [1.29, 1.82) is 0 Å². The van der Waals surface area contributed by atoms with Gasteiger partial charge in [0.05, 0.1) is 6.10 Å². The number of hydrogen-bond donors (Lipinski definition) is 1. The van der Waals surface area contributed by atoms with Gasteiger partial charge in [-0.3, -0.25) is 0 Å². The van der Waals surface area contributed by atoms with Gasteiger partial charge < -0.3 is 10.1 Å². The van der Waals surface area contributed by atoms with Crippen molar-refractivity contribution in [3.63, 3.8) is 0 Å². The van der Waals surface area contributed by atoms with Gasteiger partial charge in [-0.05, 0) is 50.7 Å². The summed E-state index contributed by atoms with van der Waals surface area (Å²) in [5.41, 5.74) is 1.90. The Morgan fingerprint density at radius 1 is 1.33 bits per heavy atom. The van der Waals surface area contributed by atoms with Crippen LogP contribution in [-0.2, 0) is 11.2 Å². The number of thioether (sulfide) groups is 1. The molecule has 3 aliphatic rings. The molecular formula is C18H25NOS. The van der Waals surface area contributed by atoms with Crippen LogP contribution in [0.3, 0.4) is 0 Å². The summed E-state index contributed by atoms with van der Waals surface area (Å²) in [6.07, 6.45) is 6.88. The molecule has 2 aliphatic heterocycles. The third-order valence-electron chi connectivity index (χ3n) is 5.50. The molecule has 114 valence electrons. The van der Waals surface area contributed by atoms with E-state index in [2.05, 4.69) is 48.3 Å². The molecule has 4 rings (SSSR count). The first-order chi connectivity index (χ1) is 10.3. The first-order valence-electron chi connectivity index (χ1n) is 8.35. The van der Waals surface area contributed by atoms with Crippen LogP contribution in [-0.4, -0.2) is 30.5 Å². The van der Waals surface area contributed by atoms with Crippen LogP contribution < -0.4 is 5.32 Å². The van der Waals surface area contributed by atoms with E-state index < -0.39 is 0 Å². The van der Waals surface area contributed by atoms with Gasteiger partial charge in [0.1, 0.15) is 0 Å². The van der Waals surface area contributed by atoms with Crippen LogP contribution in [0.2, 0.25) is 0 Å². The molecule has 1 aliphatic carbocycles. The van der Waals surface area contributed by atoms with Crippen molar-refractivity contribution >= 4 is 11.8 Å². The minimum atomic E-state index is 0.350. The highest BCUT2D eigenvalue weighted by atomic mass is 32.2. The molecule has 0 amide bonds. The van der Waals surface area contributed by atoms with Gasteiger partial charge in [-0.15, -0.1) is 11.8 Å². The van der Waals surface area contributed by atoms with E-state index in [1.54, 1.807) is 5.56 Å². The fraction of sp³-hybridized carbons (Fsp3) is 0.667. The van der Waals surface area contributed by atoms with Gasteiger partial charge in [0.2, 0.25) is 0 Å². The molecule has 1 aromatic rings. The number of hydrogen-bond acceptors (Lipinski definition) is 3. The third kappa shape index (κ3) is 2.88. The van der Waals surface area contributed by atoms with Gasteiger partial charge in [0, 0.05) is 34.8 Å². The SMILES string of the molecule is CC1OCCC1(CNC1CC1)CC1Cc2ccccc2S1. The highest BCUT2D eigenvalue weighted by molar-refractivity contribution is 8.00. The number of rotatable bonds is 5. The van der Waals surface area contributed by atoms with Crippen molar-refractivity contribution in [1.82, 2.24) is 5.32 Å². The summed E-state index contributed by atoms with van der Waals surface area (Å²) in [5.74, 6) is 0. The van der Waals surface area contributed by atoms with Gasteiger partial charge in [0.25, 0.3) is 0 Å². The molecule has 21 heavy (non-hydrogen) atoms. The highest BCUT2D eigenvalue weighted by Gasteiger charge is 2.44. The molecule has 3 unspecified atom stereocenters.